The third-order valence-corrected chi connectivity index (χ3v) is 2.43. The summed E-state index contributed by atoms with van der Waals surface area (Å²) >= 11 is 5.53. The van der Waals surface area contributed by atoms with E-state index in [4.69, 9.17) is 21.1 Å². The number of ether oxygens (including phenoxy) is 2. The molecule has 76 valence electrons. The summed E-state index contributed by atoms with van der Waals surface area (Å²) in [6, 6.07) is 4.40. The van der Waals surface area contributed by atoms with Crippen LogP contribution in [0, 0.1) is 5.82 Å². The lowest BCUT2D eigenvalue weighted by Gasteiger charge is -2.26. The first-order chi connectivity index (χ1) is 6.75. The highest BCUT2D eigenvalue weighted by Gasteiger charge is 2.18. The summed E-state index contributed by atoms with van der Waals surface area (Å²) in [5.74, 6) is 0.0288. The highest BCUT2D eigenvalue weighted by atomic mass is 35.5. The van der Waals surface area contributed by atoms with Crippen molar-refractivity contribution in [3.05, 3.63) is 29.0 Å². The summed E-state index contributed by atoms with van der Waals surface area (Å²) in [6.45, 7) is 1.27. The standard InChI is InChI=1S/C10H10ClFO2/c11-9-2-1-7(5-10(9)12)14-6-8-3-4-13-8/h1-2,5,8H,3-4,6H2. The van der Waals surface area contributed by atoms with Crippen LogP contribution < -0.4 is 4.74 Å². The van der Waals surface area contributed by atoms with E-state index in [1.165, 1.54) is 12.1 Å². The third kappa shape index (κ3) is 2.16. The zero-order valence-electron chi connectivity index (χ0n) is 7.50. The Morgan fingerprint density at radius 3 is 2.93 bits per heavy atom. The molecule has 1 heterocycles. The van der Waals surface area contributed by atoms with Gasteiger partial charge in [-0.3, -0.25) is 0 Å². The van der Waals surface area contributed by atoms with Gasteiger partial charge in [-0.05, 0) is 12.1 Å². The van der Waals surface area contributed by atoms with E-state index in [2.05, 4.69) is 0 Å². The summed E-state index contributed by atoms with van der Waals surface area (Å²) in [7, 11) is 0. The highest BCUT2D eigenvalue weighted by molar-refractivity contribution is 6.30. The molecule has 1 aromatic carbocycles. The third-order valence-electron chi connectivity index (χ3n) is 2.12. The van der Waals surface area contributed by atoms with Crippen LogP contribution in [0.2, 0.25) is 5.02 Å². The first-order valence-electron chi connectivity index (χ1n) is 4.45. The first kappa shape index (κ1) is 9.74. The molecule has 0 bridgehead atoms. The van der Waals surface area contributed by atoms with E-state index >= 15 is 0 Å². The fourth-order valence-electron chi connectivity index (χ4n) is 1.17. The number of rotatable bonds is 3. The predicted octanol–water partition coefficient (Wildman–Crippen LogP) is 2.65. The Morgan fingerprint density at radius 2 is 2.36 bits per heavy atom. The molecule has 4 heteroatoms. The van der Waals surface area contributed by atoms with Gasteiger partial charge in [-0.1, -0.05) is 11.6 Å². The molecule has 0 N–H and O–H groups in total. The monoisotopic (exact) mass is 216 g/mol. The van der Waals surface area contributed by atoms with Gasteiger partial charge in [-0.2, -0.15) is 0 Å². The second kappa shape index (κ2) is 4.15. The van der Waals surface area contributed by atoms with Gasteiger partial charge in [0.15, 0.2) is 0 Å². The Hall–Kier alpha value is -0.800. The van der Waals surface area contributed by atoms with Crippen LogP contribution in [0.5, 0.6) is 5.75 Å². The molecule has 1 aromatic rings. The van der Waals surface area contributed by atoms with Crippen molar-refractivity contribution in [2.24, 2.45) is 0 Å². The Morgan fingerprint density at radius 1 is 1.57 bits per heavy atom. The minimum atomic E-state index is -0.460. The second-order valence-electron chi connectivity index (χ2n) is 3.17. The lowest BCUT2D eigenvalue weighted by Crippen LogP contribution is -2.32. The maximum absolute atomic E-state index is 13.0. The smallest absolute Gasteiger partial charge is 0.145 e. The summed E-state index contributed by atoms with van der Waals surface area (Å²) in [5, 5.41) is 0.109. The summed E-state index contributed by atoms with van der Waals surface area (Å²) in [5.41, 5.74) is 0. The average molecular weight is 217 g/mol. The minimum absolute atomic E-state index is 0.109. The molecule has 0 aliphatic carbocycles. The predicted molar refractivity (Wildman–Crippen MR) is 51.3 cm³/mol. The van der Waals surface area contributed by atoms with Crippen molar-refractivity contribution < 1.29 is 13.9 Å². The molecule has 14 heavy (non-hydrogen) atoms. The van der Waals surface area contributed by atoms with E-state index in [-0.39, 0.29) is 11.1 Å². The molecule has 0 saturated carbocycles. The van der Waals surface area contributed by atoms with Crippen molar-refractivity contribution in [2.75, 3.05) is 13.2 Å². The molecule has 1 aliphatic heterocycles. The maximum Gasteiger partial charge on any atom is 0.145 e. The molecule has 0 spiro atoms. The van der Waals surface area contributed by atoms with Gasteiger partial charge < -0.3 is 9.47 Å². The Kier molecular flexibility index (Phi) is 2.89. The van der Waals surface area contributed by atoms with Crippen LogP contribution in [-0.2, 0) is 4.74 Å². The van der Waals surface area contributed by atoms with E-state index in [9.17, 15) is 4.39 Å². The van der Waals surface area contributed by atoms with Crippen molar-refractivity contribution in [2.45, 2.75) is 12.5 Å². The number of halogens is 2. The van der Waals surface area contributed by atoms with Gasteiger partial charge in [0, 0.05) is 19.1 Å². The topological polar surface area (TPSA) is 18.5 Å². The molecule has 0 amide bonds. The van der Waals surface area contributed by atoms with Gasteiger partial charge in [0.2, 0.25) is 0 Å². The van der Waals surface area contributed by atoms with Crippen molar-refractivity contribution in [1.29, 1.82) is 0 Å². The maximum atomic E-state index is 13.0. The first-order valence-corrected chi connectivity index (χ1v) is 4.83. The molecule has 2 nitrogen and oxygen atoms in total. The molecular weight excluding hydrogens is 207 g/mol. The molecule has 2 rings (SSSR count). The van der Waals surface area contributed by atoms with Crippen LogP contribution in [0.1, 0.15) is 6.42 Å². The lowest BCUT2D eigenvalue weighted by molar-refractivity contribution is -0.0721. The van der Waals surface area contributed by atoms with Crippen LogP contribution in [0.25, 0.3) is 0 Å². The largest absolute Gasteiger partial charge is 0.491 e. The van der Waals surface area contributed by atoms with Crippen LogP contribution in [0.15, 0.2) is 18.2 Å². The summed E-state index contributed by atoms with van der Waals surface area (Å²) in [6.07, 6.45) is 1.17. The van der Waals surface area contributed by atoms with Gasteiger partial charge in [0.25, 0.3) is 0 Å². The van der Waals surface area contributed by atoms with Crippen molar-refractivity contribution in [3.63, 3.8) is 0 Å². The average Bonchev–Trinajstić information content (AvgIpc) is 2.08. The van der Waals surface area contributed by atoms with Gasteiger partial charge in [-0.15, -0.1) is 0 Å². The molecule has 1 fully saturated rings. The fraction of sp³-hybridized carbons (Fsp3) is 0.400. The molecule has 1 saturated heterocycles. The van der Waals surface area contributed by atoms with Crippen molar-refractivity contribution in [3.8, 4) is 5.75 Å². The van der Waals surface area contributed by atoms with E-state index in [1.807, 2.05) is 0 Å². The quantitative estimate of drug-likeness (QED) is 0.774. The normalized spacial score (nSPS) is 20.3. The van der Waals surface area contributed by atoms with Gasteiger partial charge in [0.05, 0.1) is 11.1 Å². The van der Waals surface area contributed by atoms with Crippen LogP contribution in [0.4, 0.5) is 4.39 Å². The molecular formula is C10H10ClFO2. The van der Waals surface area contributed by atoms with Gasteiger partial charge >= 0.3 is 0 Å². The molecule has 1 unspecified atom stereocenters. The Labute approximate surface area is 86.6 Å². The van der Waals surface area contributed by atoms with E-state index in [0.717, 1.165) is 13.0 Å². The van der Waals surface area contributed by atoms with Crippen molar-refractivity contribution >= 4 is 11.6 Å². The fourth-order valence-corrected chi connectivity index (χ4v) is 1.29. The number of benzene rings is 1. The van der Waals surface area contributed by atoms with Crippen LogP contribution >= 0.6 is 11.6 Å². The molecule has 1 aliphatic rings. The van der Waals surface area contributed by atoms with E-state index in [0.29, 0.717) is 12.4 Å². The Balaban J connectivity index is 1.91. The summed E-state index contributed by atoms with van der Waals surface area (Å²) < 4.78 is 23.4. The van der Waals surface area contributed by atoms with E-state index < -0.39 is 5.82 Å². The van der Waals surface area contributed by atoms with Crippen LogP contribution in [-0.4, -0.2) is 19.3 Å². The zero-order valence-corrected chi connectivity index (χ0v) is 8.26. The van der Waals surface area contributed by atoms with Crippen LogP contribution in [0.3, 0.4) is 0 Å². The van der Waals surface area contributed by atoms with Crippen molar-refractivity contribution in [1.82, 2.24) is 0 Å². The highest BCUT2D eigenvalue weighted by Crippen LogP contribution is 2.21. The summed E-state index contributed by atoms with van der Waals surface area (Å²) in [4.78, 5) is 0. The molecule has 1 atom stereocenters. The number of hydrogen-bond donors (Lipinski definition) is 0. The minimum Gasteiger partial charge on any atom is -0.491 e. The Bertz CT molecular complexity index is 326. The number of hydrogen-bond acceptors (Lipinski definition) is 2. The second-order valence-corrected chi connectivity index (χ2v) is 3.58. The molecule has 0 aromatic heterocycles. The molecule has 0 radical (unpaired) electrons. The zero-order chi connectivity index (χ0) is 9.97. The lowest BCUT2D eigenvalue weighted by atomic mass is 10.2. The van der Waals surface area contributed by atoms with Gasteiger partial charge in [-0.25, -0.2) is 4.39 Å². The SMILES string of the molecule is Fc1cc(OCC2CCO2)ccc1Cl. The van der Waals surface area contributed by atoms with E-state index in [1.54, 1.807) is 6.07 Å². The van der Waals surface area contributed by atoms with Gasteiger partial charge in [0.1, 0.15) is 18.2 Å².